The number of nitrogens with one attached hydrogen (secondary N) is 2. The molecule has 1 aromatic carbocycles. The summed E-state index contributed by atoms with van der Waals surface area (Å²) in [6.07, 6.45) is 0. The lowest BCUT2D eigenvalue weighted by atomic mass is 10.2. The second-order valence-corrected chi connectivity index (χ2v) is 3.85. The molecule has 0 fully saturated rings. The van der Waals surface area contributed by atoms with Gasteiger partial charge in [0.2, 0.25) is 0 Å². The Morgan fingerprint density at radius 2 is 2.06 bits per heavy atom. The zero-order valence-corrected chi connectivity index (χ0v) is 10.4. The number of carbonyl (C=O) groups excluding carboxylic acids is 2. The van der Waals surface area contributed by atoms with Crippen molar-refractivity contribution in [3.8, 4) is 5.75 Å². The van der Waals surface area contributed by atoms with Crippen molar-refractivity contribution in [2.24, 2.45) is 5.84 Å². The van der Waals surface area contributed by atoms with Gasteiger partial charge in [0, 0.05) is 0 Å². The molecule has 0 spiro atoms. The second kappa shape index (κ2) is 6.61. The average Bonchev–Trinajstić information content (AvgIpc) is 2.36. The van der Waals surface area contributed by atoms with Crippen LogP contribution in [0.5, 0.6) is 5.75 Å². The molecule has 0 saturated carbocycles. The number of benzene rings is 1. The van der Waals surface area contributed by atoms with Crippen LogP contribution in [0, 0.1) is 6.92 Å². The lowest BCUT2D eigenvalue weighted by Crippen LogP contribution is -2.48. The van der Waals surface area contributed by atoms with Crippen molar-refractivity contribution in [1.29, 1.82) is 0 Å². The van der Waals surface area contributed by atoms with E-state index in [9.17, 15) is 9.59 Å². The van der Waals surface area contributed by atoms with Crippen LogP contribution in [0.3, 0.4) is 0 Å². The molecule has 2 amide bonds. The molecule has 4 N–H and O–H groups in total. The number of hydrazine groups is 1. The van der Waals surface area contributed by atoms with Gasteiger partial charge in [0.25, 0.3) is 11.8 Å². The summed E-state index contributed by atoms with van der Waals surface area (Å²) in [6.45, 7) is 3.28. The third-order valence-electron chi connectivity index (χ3n) is 2.37. The van der Waals surface area contributed by atoms with Crippen molar-refractivity contribution in [3.05, 3.63) is 29.8 Å². The van der Waals surface area contributed by atoms with Crippen molar-refractivity contribution < 1.29 is 14.3 Å². The van der Waals surface area contributed by atoms with E-state index in [1.54, 1.807) is 6.07 Å². The van der Waals surface area contributed by atoms with Crippen LogP contribution in [0.15, 0.2) is 24.3 Å². The number of ether oxygens (including phenoxy) is 1. The predicted octanol–water partition coefficient (Wildman–Crippen LogP) is -0.132. The van der Waals surface area contributed by atoms with E-state index in [0.29, 0.717) is 5.75 Å². The molecule has 0 bridgehead atoms. The SMILES string of the molecule is Cc1ccccc1OCC(=O)N[C@H](C)C(=O)NN. The van der Waals surface area contributed by atoms with E-state index in [1.165, 1.54) is 6.92 Å². The minimum absolute atomic E-state index is 0.146. The molecular formula is C12H17N3O3. The maximum atomic E-state index is 11.5. The van der Waals surface area contributed by atoms with Gasteiger partial charge in [0.15, 0.2) is 6.61 Å². The summed E-state index contributed by atoms with van der Waals surface area (Å²) >= 11 is 0. The molecule has 18 heavy (non-hydrogen) atoms. The monoisotopic (exact) mass is 251 g/mol. The second-order valence-electron chi connectivity index (χ2n) is 3.85. The molecule has 1 rings (SSSR count). The lowest BCUT2D eigenvalue weighted by Gasteiger charge is -2.13. The van der Waals surface area contributed by atoms with E-state index in [4.69, 9.17) is 10.6 Å². The van der Waals surface area contributed by atoms with Crippen molar-refractivity contribution in [2.75, 3.05) is 6.61 Å². The van der Waals surface area contributed by atoms with Gasteiger partial charge in [-0.3, -0.25) is 15.0 Å². The van der Waals surface area contributed by atoms with Crippen LogP contribution in [0.4, 0.5) is 0 Å². The van der Waals surface area contributed by atoms with Crippen LogP contribution < -0.4 is 21.3 Å². The number of rotatable bonds is 5. The van der Waals surface area contributed by atoms with Gasteiger partial charge in [-0.1, -0.05) is 18.2 Å². The molecule has 6 heteroatoms. The van der Waals surface area contributed by atoms with Crippen LogP contribution in [-0.2, 0) is 9.59 Å². The number of carbonyl (C=O) groups is 2. The zero-order valence-electron chi connectivity index (χ0n) is 10.4. The number of nitrogens with two attached hydrogens (primary N) is 1. The van der Waals surface area contributed by atoms with Gasteiger partial charge in [-0.05, 0) is 25.5 Å². The van der Waals surface area contributed by atoms with E-state index < -0.39 is 11.9 Å². The maximum Gasteiger partial charge on any atom is 0.258 e. The zero-order chi connectivity index (χ0) is 13.5. The lowest BCUT2D eigenvalue weighted by molar-refractivity contribution is -0.129. The highest BCUT2D eigenvalue weighted by Gasteiger charge is 2.14. The third kappa shape index (κ3) is 4.06. The summed E-state index contributed by atoms with van der Waals surface area (Å²) in [5.41, 5.74) is 2.90. The summed E-state index contributed by atoms with van der Waals surface area (Å²) in [4.78, 5) is 22.6. The Balaban J connectivity index is 2.43. The Hall–Kier alpha value is -2.08. The van der Waals surface area contributed by atoms with Crippen LogP contribution in [0.25, 0.3) is 0 Å². The molecule has 0 radical (unpaired) electrons. The minimum Gasteiger partial charge on any atom is -0.484 e. The summed E-state index contributed by atoms with van der Waals surface area (Å²) in [5, 5.41) is 2.46. The quantitative estimate of drug-likeness (QED) is 0.386. The molecule has 0 aromatic heterocycles. The fourth-order valence-electron chi connectivity index (χ4n) is 1.34. The number of hydrogen-bond acceptors (Lipinski definition) is 4. The van der Waals surface area contributed by atoms with Crippen molar-refractivity contribution in [2.45, 2.75) is 19.9 Å². The van der Waals surface area contributed by atoms with Gasteiger partial charge in [-0.15, -0.1) is 0 Å². The van der Waals surface area contributed by atoms with Crippen LogP contribution in [0.1, 0.15) is 12.5 Å². The molecule has 0 saturated heterocycles. The number of aryl methyl sites for hydroxylation is 1. The van der Waals surface area contributed by atoms with Crippen molar-refractivity contribution in [1.82, 2.24) is 10.7 Å². The molecule has 0 aliphatic rings. The van der Waals surface area contributed by atoms with Gasteiger partial charge < -0.3 is 10.1 Å². The molecule has 0 aliphatic carbocycles. The first-order valence-electron chi connectivity index (χ1n) is 5.53. The van der Waals surface area contributed by atoms with Gasteiger partial charge in [-0.25, -0.2) is 5.84 Å². The Kier molecular flexibility index (Phi) is 5.13. The predicted molar refractivity (Wildman–Crippen MR) is 66.6 cm³/mol. The number of amides is 2. The molecule has 6 nitrogen and oxygen atoms in total. The van der Waals surface area contributed by atoms with Gasteiger partial charge in [0.05, 0.1) is 0 Å². The highest BCUT2D eigenvalue weighted by molar-refractivity contribution is 5.87. The fraction of sp³-hybridized carbons (Fsp3) is 0.333. The standard InChI is InChI=1S/C12H17N3O3/c1-8-5-3-4-6-10(8)18-7-11(16)14-9(2)12(17)15-13/h3-6,9H,7,13H2,1-2H3,(H,14,16)(H,15,17)/t9-/m1/s1. The van der Waals surface area contributed by atoms with E-state index in [0.717, 1.165) is 5.56 Å². The third-order valence-corrected chi connectivity index (χ3v) is 2.37. The maximum absolute atomic E-state index is 11.5. The van der Waals surface area contributed by atoms with E-state index in [2.05, 4.69) is 5.32 Å². The topological polar surface area (TPSA) is 93.4 Å². The molecular weight excluding hydrogens is 234 g/mol. The highest BCUT2D eigenvalue weighted by atomic mass is 16.5. The van der Waals surface area contributed by atoms with Crippen molar-refractivity contribution >= 4 is 11.8 Å². The molecule has 1 atom stereocenters. The average molecular weight is 251 g/mol. The minimum atomic E-state index is -0.692. The van der Waals surface area contributed by atoms with Crippen LogP contribution in [0.2, 0.25) is 0 Å². The fourth-order valence-corrected chi connectivity index (χ4v) is 1.34. The first-order chi connectivity index (χ1) is 8.54. The van der Waals surface area contributed by atoms with Crippen LogP contribution in [-0.4, -0.2) is 24.5 Å². The Labute approximate surface area is 105 Å². The van der Waals surface area contributed by atoms with E-state index >= 15 is 0 Å². The molecule has 0 heterocycles. The Morgan fingerprint density at radius 1 is 1.39 bits per heavy atom. The molecule has 0 unspecified atom stereocenters. The smallest absolute Gasteiger partial charge is 0.258 e. The summed E-state index contributed by atoms with van der Waals surface area (Å²) in [6, 6.07) is 6.68. The highest BCUT2D eigenvalue weighted by Crippen LogP contribution is 2.15. The summed E-state index contributed by atoms with van der Waals surface area (Å²) < 4.78 is 5.34. The summed E-state index contributed by atoms with van der Waals surface area (Å²) in [5.74, 6) is 4.75. The van der Waals surface area contributed by atoms with Gasteiger partial charge in [-0.2, -0.15) is 0 Å². The van der Waals surface area contributed by atoms with E-state index in [-0.39, 0.29) is 12.5 Å². The number of para-hydroxylation sites is 1. The number of hydrogen-bond donors (Lipinski definition) is 3. The van der Waals surface area contributed by atoms with Crippen molar-refractivity contribution in [3.63, 3.8) is 0 Å². The first kappa shape index (κ1) is 14.0. The summed E-state index contributed by atoms with van der Waals surface area (Å²) in [7, 11) is 0. The molecule has 0 aliphatic heterocycles. The molecule has 1 aromatic rings. The van der Waals surface area contributed by atoms with E-state index in [1.807, 2.05) is 30.5 Å². The Bertz CT molecular complexity index is 434. The largest absolute Gasteiger partial charge is 0.484 e. The van der Waals surface area contributed by atoms with Gasteiger partial charge in [0.1, 0.15) is 11.8 Å². The molecule has 98 valence electrons. The first-order valence-corrected chi connectivity index (χ1v) is 5.53. The van der Waals surface area contributed by atoms with Gasteiger partial charge >= 0.3 is 0 Å². The normalized spacial score (nSPS) is 11.5. The Morgan fingerprint density at radius 3 is 2.67 bits per heavy atom. The van der Waals surface area contributed by atoms with Crippen LogP contribution >= 0.6 is 0 Å².